The van der Waals surface area contributed by atoms with Crippen molar-refractivity contribution in [2.75, 3.05) is 26.4 Å². The number of hydrogen-bond acceptors (Lipinski definition) is 2. The Kier molecular flexibility index (Phi) is 17.4. The standard InChI is InChI=1S/C16H48Si8.2C4H8O.Mg/c1-19(2,3)17(20(4,5)6)23(13,14)24(15,16)18(21(7,8)9)22(10,11)12;2*1-2-4-5-3-1;/h1-16H3;2*1-4H2;/q-2;;;+2. The molecule has 2 saturated heterocycles. The van der Waals surface area contributed by atoms with Crippen LogP contribution >= 0.6 is 0 Å². The first-order valence-electron chi connectivity index (χ1n) is 13.9. The third kappa shape index (κ3) is 13.1. The molecule has 2 fully saturated rings. The van der Waals surface area contributed by atoms with Crippen molar-refractivity contribution in [1.29, 1.82) is 0 Å². The zero-order valence-corrected chi connectivity index (χ0v) is 36.6. The van der Waals surface area contributed by atoms with Gasteiger partial charge in [-0.3, -0.25) is 14.7 Å². The van der Waals surface area contributed by atoms with Gasteiger partial charge in [-0.15, -0.1) is 70.8 Å². The van der Waals surface area contributed by atoms with E-state index in [1.165, 1.54) is 25.7 Å². The summed E-state index contributed by atoms with van der Waals surface area (Å²) >= 11 is 0. The second kappa shape index (κ2) is 15.4. The first kappa shape index (κ1) is 39.6. The summed E-state index contributed by atoms with van der Waals surface area (Å²) in [6.45, 7) is 48.6. The Bertz CT molecular complexity index is 487. The zero-order valence-electron chi connectivity index (χ0n) is 27.2. The van der Waals surface area contributed by atoms with E-state index in [-0.39, 0.29) is 37.8 Å². The van der Waals surface area contributed by atoms with E-state index in [1.807, 2.05) is 0 Å². The summed E-state index contributed by atoms with van der Waals surface area (Å²) < 4.78 is 9.89. The average Bonchev–Trinajstić information content (AvgIpc) is 3.27. The minimum atomic E-state index is -1.13. The molecular weight excluding hydrogens is 569 g/mol. The van der Waals surface area contributed by atoms with Gasteiger partial charge in [0, 0.05) is 26.4 Å². The van der Waals surface area contributed by atoms with Crippen molar-refractivity contribution in [3.8, 4) is 0 Å². The Morgan fingerprint density at radius 3 is 0.629 bits per heavy atom. The normalized spacial score (nSPS) is 18.0. The van der Waals surface area contributed by atoms with Crippen molar-refractivity contribution in [2.45, 2.75) is 130 Å². The quantitative estimate of drug-likeness (QED) is 0.270. The fraction of sp³-hybridized carbons (Fsp3) is 1.00. The van der Waals surface area contributed by atoms with E-state index in [2.05, 4.69) is 105 Å². The van der Waals surface area contributed by atoms with Gasteiger partial charge in [0.15, 0.2) is 0 Å². The summed E-state index contributed by atoms with van der Waals surface area (Å²) in [5.74, 6) is 0. The molecular formula is C24H64MgO2Si8. The van der Waals surface area contributed by atoms with E-state index < -0.39 is 44.6 Å². The predicted octanol–water partition coefficient (Wildman–Crippen LogP) is 7.51. The summed E-state index contributed by atoms with van der Waals surface area (Å²) in [7, 11) is -6.61. The summed E-state index contributed by atoms with van der Waals surface area (Å²) in [5.41, 5.74) is 0. The second-order valence-electron chi connectivity index (χ2n) is 15.6. The van der Waals surface area contributed by atoms with Crippen LogP contribution in [-0.2, 0) is 9.47 Å². The third-order valence-corrected chi connectivity index (χ3v) is 157. The topological polar surface area (TPSA) is 18.5 Å². The molecule has 206 valence electrons. The van der Waals surface area contributed by atoms with Gasteiger partial charge < -0.3 is 9.47 Å². The molecule has 2 rings (SSSR count). The average molecular weight is 634 g/mol. The van der Waals surface area contributed by atoms with Gasteiger partial charge in [0.1, 0.15) is 0 Å². The Morgan fingerprint density at radius 2 is 0.543 bits per heavy atom. The van der Waals surface area contributed by atoms with Crippen LogP contribution in [-0.4, -0.2) is 109 Å². The van der Waals surface area contributed by atoms with Crippen LogP contribution in [0.3, 0.4) is 0 Å². The van der Waals surface area contributed by atoms with Gasteiger partial charge in [-0.05, 0) is 25.7 Å². The molecule has 0 radical (unpaired) electrons. The molecule has 0 aliphatic carbocycles. The molecule has 0 aromatic carbocycles. The summed E-state index contributed by atoms with van der Waals surface area (Å²) in [5, 5.41) is 0. The fourth-order valence-electron chi connectivity index (χ4n) is 7.65. The monoisotopic (exact) mass is 632 g/mol. The van der Waals surface area contributed by atoms with Crippen LogP contribution < -0.4 is 0 Å². The van der Waals surface area contributed by atoms with Crippen LogP contribution in [0.15, 0.2) is 0 Å². The van der Waals surface area contributed by atoms with Crippen molar-refractivity contribution in [2.24, 2.45) is 0 Å². The molecule has 2 aliphatic heterocycles. The van der Waals surface area contributed by atoms with Gasteiger partial charge in [-0.1, -0.05) is 78.6 Å². The molecule has 35 heavy (non-hydrogen) atoms. The van der Waals surface area contributed by atoms with Crippen LogP contribution in [0.2, 0.25) is 105 Å². The van der Waals surface area contributed by atoms with Gasteiger partial charge in [0.25, 0.3) is 0 Å². The molecule has 0 N–H and O–H groups in total. The summed E-state index contributed by atoms with van der Waals surface area (Å²) in [4.78, 5) is 0. The van der Waals surface area contributed by atoms with Crippen LogP contribution in [0, 0.1) is 0 Å². The SMILES string of the molecule is C1CCOC1.C1CCOC1.C[Si](C)(C)[Si-]([Si](C)(C)C)[Si](C)(C)[Si](C)(C)[Si-]([Si](C)(C)C)[Si](C)(C)C.[Mg+2]. The maximum atomic E-state index is 4.94. The largest absolute Gasteiger partial charge is 2.00 e. The van der Waals surface area contributed by atoms with Crippen LogP contribution in [0.5, 0.6) is 0 Å². The Hall–Kier alpha value is 2.42. The van der Waals surface area contributed by atoms with Gasteiger partial charge in [-0.25, -0.2) is 0 Å². The van der Waals surface area contributed by atoms with E-state index in [0.29, 0.717) is 0 Å². The molecule has 2 nitrogen and oxygen atoms in total. The number of ether oxygens (including phenoxy) is 2. The van der Waals surface area contributed by atoms with Gasteiger partial charge >= 0.3 is 23.1 Å². The molecule has 0 spiro atoms. The maximum absolute atomic E-state index is 4.94. The first-order chi connectivity index (χ1) is 15.0. The molecule has 0 saturated carbocycles. The van der Waals surface area contributed by atoms with Crippen molar-refractivity contribution in [3.63, 3.8) is 0 Å². The molecule has 11 heteroatoms. The number of rotatable bonds is 7. The molecule has 0 bridgehead atoms. The minimum absolute atomic E-state index is 0. The molecule has 2 heterocycles. The van der Waals surface area contributed by atoms with Crippen molar-refractivity contribution < 1.29 is 9.47 Å². The van der Waals surface area contributed by atoms with E-state index >= 15 is 0 Å². The Balaban J connectivity index is 0. The summed E-state index contributed by atoms with van der Waals surface area (Å²) in [6, 6.07) is 0. The predicted molar refractivity (Wildman–Crippen MR) is 186 cm³/mol. The van der Waals surface area contributed by atoms with Crippen LogP contribution in [0.25, 0.3) is 0 Å². The molecule has 0 atom stereocenters. The van der Waals surface area contributed by atoms with E-state index in [4.69, 9.17) is 9.47 Å². The van der Waals surface area contributed by atoms with Crippen LogP contribution in [0.4, 0.5) is 0 Å². The van der Waals surface area contributed by atoms with E-state index in [9.17, 15) is 0 Å². The molecule has 2 aliphatic rings. The molecule has 0 unspecified atom stereocenters. The van der Waals surface area contributed by atoms with E-state index in [1.54, 1.807) is 0 Å². The molecule has 0 aromatic rings. The van der Waals surface area contributed by atoms with Gasteiger partial charge in [-0.2, -0.15) is 0 Å². The van der Waals surface area contributed by atoms with Crippen molar-refractivity contribution in [1.82, 2.24) is 0 Å². The molecule has 0 aromatic heterocycles. The number of hydrogen-bond donors (Lipinski definition) is 0. The fourth-order valence-corrected chi connectivity index (χ4v) is 274. The smallest absolute Gasteiger partial charge is 0.381 e. The van der Waals surface area contributed by atoms with E-state index in [0.717, 1.165) is 26.4 Å². The molecule has 0 amide bonds. The summed E-state index contributed by atoms with van der Waals surface area (Å²) in [6.07, 6.45) is 5.11. The van der Waals surface area contributed by atoms with Gasteiger partial charge in [0.2, 0.25) is 0 Å². The third-order valence-electron chi connectivity index (χ3n) is 7.47. The Labute approximate surface area is 246 Å². The van der Waals surface area contributed by atoms with Crippen LogP contribution in [0.1, 0.15) is 25.7 Å². The zero-order chi connectivity index (χ0) is 27.2. The van der Waals surface area contributed by atoms with Gasteiger partial charge in [0.05, 0.1) is 0 Å². The first-order valence-corrected chi connectivity index (χ1v) is 43.9. The maximum Gasteiger partial charge on any atom is 2.00 e. The van der Waals surface area contributed by atoms with Crippen molar-refractivity contribution in [3.05, 3.63) is 0 Å². The Morgan fingerprint density at radius 1 is 0.371 bits per heavy atom. The minimum Gasteiger partial charge on any atom is -0.381 e. The van der Waals surface area contributed by atoms with Crippen molar-refractivity contribution >= 4 is 82.3 Å². The second-order valence-corrected chi connectivity index (χ2v) is 95.6.